The molecule has 3 heterocycles. The standard InChI is InChI=1S/C13H14F2N4O3S/c14-13(15)3-1-7(5-13)11-16-12(22-19-11)10-8-6-23(20,21)4-2-9(8)17-18-10/h7H,1-6H2,(H,17,18). The summed E-state index contributed by atoms with van der Waals surface area (Å²) in [4.78, 5) is 4.17. The summed E-state index contributed by atoms with van der Waals surface area (Å²) in [5, 5.41) is 10.6. The van der Waals surface area contributed by atoms with Crippen molar-refractivity contribution in [1.82, 2.24) is 20.3 Å². The second-order valence-electron chi connectivity index (χ2n) is 6.12. The van der Waals surface area contributed by atoms with Gasteiger partial charge in [-0.3, -0.25) is 5.10 Å². The molecule has 1 fully saturated rings. The van der Waals surface area contributed by atoms with E-state index in [1.807, 2.05) is 0 Å². The molecule has 1 aliphatic carbocycles. The Hall–Kier alpha value is -1.84. The van der Waals surface area contributed by atoms with E-state index in [0.717, 1.165) is 5.69 Å². The molecule has 1 unspecified atom stereocenters. The molecule has 0 radical (unpaired) electrons. The van der Waals surface area contributed by atoms with Crippen LogP contribution in [-0.4, -0.2) is 40.4 Å². The topological polar surface area (TPSA) is 102 Å². The molecule has 0 bridgehead atoms. The SMILES string of the molecule is O=S1(=O)CCc2[nH]nc(-c3nc(C4CCC(F)(F)C4)no3)c2C1. The molecule has 2 aromatic heterocycles. The van der Waals surface area contributed by atoms with Gasteiger partial charge in [0.15, 0.2) is 21.4 Å². The molecule has 2 aromatic rings. The number of fused-ring (bicyclic) bond motifs is 1. The molecule has 23 heavy (non-hydrogen) atoms. The first-order valence-electron chi connectivity index (χ1n) is 7.31. The average molecular weight is 344 g/mol. The van der Waals surface area contributed by atoms with Crippen LogP contribution in [0.3, 0.4) is 0 Å². The summed E-state index contributed by atoms with van der Waals surface area (Å²) in [7, 11) is -3.17. The van der Waals surface area contributed by atoms with Crippen molar-refractivity contribution in [2.24, 2.45) is 0 Å². The van der Waals surface area contributed by atoms with Gasteiger partial charge in [0.05, 0.1) is 11.5 Å². The summed E-state index contributed by atoms with van der Waals surface area (Å²) >= 11 is 0. The van der Waals surface area contributed by atoms with E-state index in [-0.39, 0.29) is 36.1 Å². The van der Waals surface area contributed by atoms with E-state index in [9.17, 15) is 17.2 Å². The van der Waals surface area contributed by atoms with Crippen molar-refractivity contribution in [1.29, 1.82) is 0 Å². The fraction of sp³-hybridized carbons (Fsp3) is 0.615. The molecule has 7 nitrogen and oxygen atoms in total. The van der Waals surface area contributed by atoms with Gasteiger partial charge < -0.3 is 4.52 Å². The van der Waals surface area contributed by atoms with Crippen LogP contribution in [0.1, 0.15) is 42.3 Å². The second kappa shape index (κ2) is 4.83. The highest BCUT2D eigenvalue weighted by Gasteiger charge is 2.42. The van der Waals surface area contributed by atoms with Gasteiger partial charge in [0.1, 0.15) is 0 Å². The predicted octanol–water partition coefficient (Wildman–Crippen LogP) is 1.83. The molecule has 0 saturated heterocycles. The molecule has 1 saturated carbocycles. The van der Waals surface area contributed by atoms with Crippen molar-refractivity contribution in [3.05, 3.63) is 17.1 Å². The minimum Gasteiger partial charge on any atom is -0.332 e. The fourth-order valence-corrected chi connectivity index (χ4v) is 4.57. The van der Waals surface area contributed by atoms with Gasteiger partial charge in [0, 0.05) is 36.4 Å². The molecule has 1 atom stereocenters. The van der Waals surface area contributed by atoms with Gasteiger partial charge >= 0.3 is 0 Å². The quantitative estimate of drug-likeness (QED) is 0.892. The highest BCUT2D eigenvalue weighted by atomic mass is 32.2. The van der Waals surface area contributed by atoms with Crippen molar-refractivity contribution < 1.29 is 21.7 Å². The molecule has 0 aromatic carbocycles. The summed E-state index contributed by atoms with van der Waals surface area (Å²) in [5.74, 6) is -2.88. The van der Waals surface area contributed by atoms with Gasteiger partial charge in [-0.1, -0.05) is 5.16 Å². The first-order valence-corrected chi connectivity index (χ1v) is 9.13. The molecular formula is C13H14F2N4O3S. The molecule has 10 heteroatoms. The van der Waals surface area contributed by atoms with Crippen LogP contribution in [0, 0.1) is 0 Å². The number of aromatic nitrogens is 4. The molecule has 1 aliphatic heterocycles. The van der Waals surface area contributed by atoms with E-state index in [4.69, 9.17) is 4.52 Å². The third kappa shape index (κ3) is 2.64. The number of aryl methyl sites for hydroxylation is 1. The van der Waals surface area contributed by atoms with E-state index in [1.54, 1.807) is 0 Å². The number of aromatic amines is 1. The summed E-state index contributed by atoms with van der Waals surface area (Å²) < 4.78 is 55.3. The lowest BCUT2D eigenvalue weighted by Crippen LogP contribution is -2.18. The van der Waals surface area contributed by atoms with E-state index < -0.39 is 21.7 Å². The van der Waals surface area contributed by atoms with Crippen LogP contribution in [0.4, 0.5) is 8.78 Å². The highest BCUT2D eigenvalue weighted by Crippen LogP contribution is 2.43. The maximum absolute atomic E-state index is 13.3. The second-order valence-corrected chi connectivity index (χ2v) is 8.31. The summed E-state index contributed by atoms with van der Waals surface area (Å²) in [6.45, 7) is 0. The van der Waals surface area contributed by atoms with Crippen molar-refractivity contribution in [2.75, 3.05) is 5.75 Å². The maximum Gasteiger partial charge on any atom is 0.278 e. The monoisotopic (exact) mass is 344 g/mol. The zero-order valence-corrected chi connectivity index (χ0v) is 12.9. The molecule has 0 amide bonds. The van der Waals surface area contributed by atoms with Gasteiger partial charge in [-0.2, -0.15) is 10.1 Å². The van der Waals surface area contributed by atoms with Crippen molar-refractivity contribution >= 4 is 9.84 Å². The molecule has 2 aliphatic rings. The van der Waals surface area contributed by atoms with E-state index in [1.165, 1.54) is 0 Å². The van der Waals surface area contributed by atoms with E-state index in [2.05, 4.69) is 20.3 Å². The van der Waals surface area contributed by atoms with Gasteiger partial charge in [0.2, 0.25) is 5.92 Å². The van der Waals surface area contributed by atoms with Gasteiger partial charge in [-0.05, 0) is 6.42 Å². The Morgan fingerprint density at radius 2 is 2.17 bits per heavy atom. The minimum absolute atomic E-state index is 0.0739. The Balaban J connectivity index is 1.65. The zero-order valence-electron chi connectivity index (χ0n) is 12.1. The Morgan fingerprint density at radius 1 is 1.35 bits per heavy atom. The zero-order chi connectivity index (χ0) is 16.2. The number of alkyl halides is 2. The number of H-pyrrole nitrogens is 1. The number of halogens is 2. The van der Waals surface area contributed by atoms with Crippen LogP contribution in [0.15, 0.2) is 4.52 Å². The van der Waals surface area contributed by atoms with Gasteiger partial charge in [-0.15, -0.1) is 0 Å². The number of nitrogens with one attached hydrogen (secondary N) is 1. The summed E-state index contributed by atoms with van der Waals surface area (Å²) in [6, 6.07) is 0. The normalized spacial score (nSPS) is 25.4. The van der Waals surface area contributed by atoms with Gasteiger partial charge in [-0.25, -0.2) is 17.2 Å². The number of hydrogen-bond donors (Lipinski definition) is 1. The van der Waals surface area contributed by atoms with Crippen LogP contribution in [0.2, 0.25) is 0 Å². The first kappa shape index (κ1) is 14.7. The van der Waals surface area contributed by atoms with Crippen LogP contribution in [0.5, 0.6) is 0 Å². The minimum atomic E-state index is -3.17. The lowest BCUT2D eigenvalue weighted by molar-refractivity contribution is 0.00749. The molecule has 1 N–H and O–H groups in total. The number of hydrogen-bond acceptors (Lipinski definition) is 6. The van der Waals surface area contributed by atoms with Crippen molar-refractivity contribution in [3.8, 4) is 11.6 Å². The van der Waals surface area contributed by atoms with Crippen molar-refractivity contribution in [3.63, 3.8) is 0 Å². The molecule has 0 spiro atoms. The summed E-state index contributed by atoms with van der Waals surface area (Å²) in [5.41, 5.74) is 1.57. The van der Waals surface area contributed by atoms with Crippen LogP contribution in [-0.2, 0) is 22.0 Å². The summed E-state index contributed by atoms with van der Waals surface area (Å²) in [6.07, 6.45) is 0.191. The van der Waals surface area contributed by atoms with E-state index in [0.29, 0.717) is 24.1 Å². The van der Waals surface area contributed by atoms with Crippen LogP contribution in [0.25, 0.3) is 11.6 Å². The lowest BCUT2D eigenvalue weighted by atomic mass is 10.1. The average Bonchev–Trinajstić information content (AvgIpc) is 3.14. The molecular weight excluding hydrogens is 330 g/mol. The Kier molecular flexibility index (Phi) is 3.09. The first-order chi connectivity index (χ1) is 10.8. The molecule has 4 rings (SSSR count). The third-order valence-electron chi connectivity index (χ3n) is 4.39. The fourth-order valence-electron chi connectivity index (χ4n) is 3.16. The smallest absolute Gasteiger partial charge is 0.278 e. The number of sulfone groups is 1. The Labute approximate surface area is 130 Å². The Bertz CT molecular complexity index is 858. The maximum atomic E-state index is 13.3. The van der Waals surface area contributed by atoms with Crippen molar-refractivity contribution in [2.45, 2.75) is 43.3 Å². The predicted molar refractivity (Wildman–Crippen MR) is 74.6 cm³/mol. The third-order valence-corrected chi connectivity index (χ3v) is 5.95. The van der Waals surface area contributed by atoms with E-state index >= 15 is 0 Å². The highest BCUT2D eigenvalue weighted by molar-refractivity contribution is 7.90. The number of nitrogens with zero attached hydrogens (tertiary/aromatic N) is 3. The van der Waals surface area contributed by atoms with Crippen LogP contribution >= 0.6 is 0 Å². The molecule has 124 valence electrons. The van der Waals surface area contributed by atoms with Crippen LogP contribution < -0.4 is 0 Å². The lowest BCUT2D eigenvalue weighted by Gasteiger charge is -2.11. The van der Waals surface area contributed by atoms with Gasteiger partial charge in [0.25, 0.3) is 5.89 Å². The number of rotatable bonds is 2. The Morgan fingerprint density at radius 3 is 2.91 bits per heavy atom. The largest absolute Gasteiger partial charge is 0.332 e.